The molecule has 0 radical (unpaired) electrons. The zero-order valence-electron chi connectivity index (χ0n) is 15.7. The number of amides is 2. The lowest BCUT2D eigenvalue weighted by Crippen LogP contribution is -2.36. The number of rotatable bonds is 11. The molecule has 8 heteroatoms. The second-order valence-electron chi connectivity index (χ2n) is 7.12. The van der Waals surface area contributed by atoms with Gasteiger partial charge in [-0.05, 0) is 12.8 Å². The van der Waals surface area contributed by atoms with Crippen LogP contribution in [-0.2, 0) is 31.2 Å². The third-order valence-corrected chi connectivity index (χ3v) is 7.03. The molecule has 142 valence electrons. The quantitative estimate of drug-likeness (QED) is 0.555. The first-order valence-electron chi connectivity index (χ1n) is 8.10. The molecule has 2 N–H and O–H groups in total. The van der Waals surface area contributed by atoms with Gasteiger partial charge in [0.15, 0.2) is 0 Å². The predicted octanol–water partition coefficient (Wildman–Crippen LogP) is 0.808. The van der Waals surface area contributed by atoms with Gasteiger partial charge in [0, 0.05) is 69.5 Å². The number of carbonyl (C=O) groups excluding carboxylic acids is 2. The number of hydrogen-bond donors (Lipinski definition) is 2. The summed E-state index contributed by atoms with van der Waals surface area (Å²) in [6.07, 6.45) is 1.05. The van der Waals surface area contributed by atoms with E-state index >= 15 is 0 Å². The molecule has 0 aromatic rings. The van der Waals surface area contributed by atoms with Crippen molar-refractivity contribution in [3.05, 3.63) is 0 Å². The molecule has 0 saturated heterocycles. The minimum absolute atomic E-state index is 0.0699. The van der Waals surface area contributed by atoms with Crippen LogP contribution in [0.1, 0.15) is 40.5 Å². The van der Waals surface area contributed by atoms with Crippen molar-refractivity contribution in [1.29, 1.82) is 0 Å². The second kappa shape index (κ2) is 10.3. The smallest absolute Gasteiger partial charge is 0.225 e. The normalized spacial score (nSPS) is 14.8. The van der Waals surface area contributed by atoms with Crippen molar-refractivity contribution in [2.75, 3.05) is 37.1 Å². The van der Waals surface area contributed by atoms with E-state index in [1.54, 1.807) is 14.1 Å². The van der Waals surface area contributed by atoms with Gasteiger partial charge in [-0.1, -0.05) is 27.7 Å². The summed E-state index contributed by atoms with van der Waals surface area (Å²) in [4.78, 5) is 23.4. The fraction of sp³-hybridized carbons (Fsp3) is 0.875. The minimum atomic E-state index is -1.09. The zero-order chi connectivity index (χ0) is 19.0. The fourth-order valence-electron chi connectivity index (χ4n) is 2.03. The molecule has 6 nitrogen and oxygen atoms in total. The van der Waals surface area contributed by atoms with Crippen molar-refractivity contribution in [2.45, 2.75) is 40.5 Å². The van der Waals surface area contributed by atoms with Gasteiger partial charge in [0.25, 0.3) is 0 Å². The van der Waals surface area contributed by atoms with Crippen molar-refractivity contribution < 1.29 is 18.0 Å². The first kappa shape index (κ1) is 23.2. The molecule has 0 bridgehead atoms. The van der Waals surface area contributed by atoms with Crippen LogP contribution >= 0.6 is 0 Å². The lowest BCUT2D eigenvalue weighted by Gasteiger charge is -2.22. The Hall–Kier alpha value is -0.760. The van der Waals surface area contributed by atoms with Gasteiger partial charge in [-0.2, -0.15) is 0 Å². The summed E-state index contributed by atoms with van der Waals surface area (Å²) in [5.41, 5.74) is -1.11. The third-order valence-electron chi connectivity index (χ3n) is 4.13. The second-order valence-corrected chi connectivity index (χ2v) is 10.5. The van der Waals surface area contributed by atoms with Crippen LogP contribution in [0, 0.1) is 10.8 Å². The minimum Gasteiger partial charge on any atom is -0.359 e. The molecule has 0 fully saturated rings. The van der Waals surface area contributed by atoms with Gasteiger partial charge in [0.05, 0.1) is 0 Å². The Labute approximate surface area is 150 Å². The van der Waals surface area contributed by atoms with E-state index in [0.29, 0.717) is 35.9 Å². The molecule has 24 heavy (non-hydrogen) atoms. The van der Waals surface area contributed by atoms with E-state index in [1.165, 1.54) is 0 Å². The van der Waals surface area contributed by atoms with Crippen molar-refractivity contribution in [3.63, 3.8) is 0 Å². The highest BCUT2D eigenvalue weighted by atomic mass is 32.2. The van der Waals surface area contributed by atoms with Crippen LogP contribution in [0.5, 0.6) is 0 Å². The van der Waals surface area contributed by atoms with Crippen LogP contribution in [0.3, 0.4) is 0 Å². The molecule has 0 spiro atoms. The van der Waals surface area contributed by atoms with E-state index in [-0.39, 0.29) is 11.8 Å². The summed E-state index contributed by atoms with van der Waals surface area (Å²) in [6, 6.07) is 0. The monoisotopic (exact) mass is 380 g/mol. The molecule has 0 rings (SSSR count). The topological polar surface area (TPSA) is 92.3 Å². The van der Waals surface area contributed by atoms with Gasteiger partial charge in [0.2, 0.25) is 11.8 Å². The predicted molar refractivity (Wildman–Crippen MR) is 101 cm³/mol. The van der Waals surface area contributed by atoms with Gasteiger partial charge in [-0.25, -0.2) is 0 Å². The zero-order valence-corrected chi connectivity index (χ0v) is 17.3. The molecular weight excluding hydrogens is 348 g/mol. The van der Waals surface area contributed by atoms with Crippen LogP contribution in [-0.4, -0.2) is 57.3 Å². The van der Waals surface area contributed by atoms with Crippen LogP contribution < -0.4 is 10.6 Å². The van der Waals surface area contributed by atoms with Crippen LogP contribution in [0.15, 0.2) is 0 Å². The summed E-state index contributed by atoms with van der Waals surface area (Å²) < 4.78 is 24.1. The highest BCUT2D eigenvalue weighted by Gasteiger charge is 2.28. The molecule has 0 aromatic heterocycles. The fourth-order valence-corrected chi connectivity index (χ4v) is 5.40. The molecular formula is C16H32N2O4S2. The first-order valence-corrected chi connectivity index (χ1v) is 11.1. The first-order chi connectivity index (χ1) is 11.0. The largest absolute Gasteiger partial charge is 0.359 e. The molecule has 2 amide bonds. The summed E-state index contributed by atoms with van der Waals surface area (Å²) in [6.45, 7) is 7.29. The average Bonchev–Trinajstić information content (AvgIpc) is 2.54. The number of carbonyl (C=O) groups is 2. The standard InChI is InChI=1S/C16H32N2O4S2/c1-15(2,13(19)17-5)7-9-23(21)11-12-24(22)10-8-16(3,4)14(20)18-6/h7-12H2,1-6H3,(H,17,19)(H,18,20). The Balaban J connectivity index is 4.17. The van der Waals surface area contributed by atoms with Gasteiger partial charge in [0.1, 0.15) is 0 Å². The Morgan fingerprint density at radius 2 is 1.00 bits per heavy atom. The average molecular weight is 381 g/mol. The van der Waals surface area contributed by atoms with Crippen molar-refractivity contribution in [2.24, 2.45) is 10.8 Å². The lowest BCUT2D eigenvalue weighted by molar-refractivity contribution is -0.129. The molecule has 0 aliphatic rings. The van der Waals surface area contributed by atoms with Crippen LogP contribution in [0.25, 0.3) is 0 Å². The van der Waals surface area contributed by atoms with Gasteiger partial charge >= 0.3 is 0 Å². The van der Waals surface area contributed by atoms with Crippen LogP contribution in [0.2, 0.25) is 0 Å². The van der Waals surface area contributed by atoms with E-state index < -0.39 is 32.4 Å². The number of nitrogens with one attached hydrogen (secondary N) is 2. The lowest BCUT2D eigenvalue weighted by atomic mass is 9.89. The molecule has 0 aromatic carbocycles. The van der Waals surface area contributed by atoms with Gasteiger partial charge < -0.3 is 10.6 Å². The van der Waals surface area contributed by atoms with Gasteiger partial charge in [-0.3, -0.25) is 18.0 Å². The van der Waals surface area contributed by atoms with E-state index in [1.807, 2.05) is 27.7 Å². The van der Waals surface area contributed by atoms with E-state index in [0.717, 1.165) is 0 Å². The summed E-state index contributed by atoms with van der Waals surface area (Å²) >= 11 is 0. The summed E-state index contributed by atoms with van der Waals surface area (Å²) in [5, 5.41) is 5.21. The number of hydrogen-bond acceptors (Lipinski definition) is 4. The highest BCUT2D eigenvalue weighted by Crippen LogP contribution is 2.21. The Kier molecular flexibility index (Phi) is 9.96. The van der Waals surface area contributed by atoms with E-state index in [4.69, 9.17) is 0 Å². The Morgan fingerprint density at radius 3 is 1.25 bits per heavy atom. The SMILES string of the molecule is CNC(=O)C(C)(C)CCS(=O)CCS(=O)CCC(C)(C)C(=O)NC. The van der Waals surface area contributed by atoms with Gasteiger partial charge in [-0.15, -0.1) is 0 Å². The maximum absolute atomic E-state index is 12.0. The molecule has 0 saturated carbocycles. The van der Waals surface area contributed by atoms with Crippen LogP contribution in [0.4, 0.5) is 0 Å². The van der Waals surface area contributed by atoms with E-state index in [2.05, 4.69) is 10.6 Å². The molecule has 0 aliphatic heterocycles. The third kappa shape index (κ3) is 8.37. The van der Waals surface area contributed by atoms with Crippen molar-refractivity contribution >= 4 is 33.4 Å². The molecule has 0 aliphatic carbocycles. The maximum Gasteiger partial charge on any atom is 0.225 e. The van der Waals surface area contributed by atoms with Crippen molar-refractivity contribution in [3.8, 4) is 0 Å². The van der Waals surface area contributed by atoms with Crippen molar-refractivity contribution in [1.82, 2.24) is 10.6 Å². The van der Waals surface area contributed by atoms with E-state index in [9.17, 15) is 18.0 Å². The Bertz CT molecular complexity index is 446. The summed E-state index contributed by atoms with van der Waals surface area (Å²) in [5.74, 6) is 1.41. The molecule has 2 unspecified atom stereocenters. The maximum atomic E-state index is 12.0. The highest BCUT2D eigenvalue weighted by molar-refractivity contribution is 7.88. The summed E-state index contributed by atoms with van der Waals surface area (Å²) in [7, 11) is 0.989. The molecule has 2 atom stereocenters. The Morgan fingerprint density at radius 1 is 0.708 bits per heavy atom. The molecule has 0 heterocycles.